The average molecular weight is 267 g/mol. The highest BCUT2D eigenvalue weighted by molar-refractivity contribution is 6.31. The first-order valence-electron chi connectivity index (χ1n) is 6.38. The van der Waals surface area contributed by atoms with E-state index in [1.165, 1.54) is 6.42 Å². The Kier molecular flexibility index (Phi) is 3.81. The Labute approximate surface area is 113 Å². The van der Waals surface area contributed by atoms with Gasteiger partial charge < -0.3 is 11.1 Å². The molecule has 1 amide bonds. The summed E-state index contributed by atoms with van der Waals surface area (Å²) < 4.78 is 0. The lowest BCUT2D eigenvalue weighted by Gasteiger charge is -2.32. The van der Waals surface area contributed by atoms with Gasteiger partial charge >= 0.3 is 0 Å². The highest BCUT2D eigenvalue weighted by atomic mass is 35.5. The van der Waals surface area contributed by atoms with E-state index in [1.807, 2.05) is 6.92 Å². The van der Waals surface area contributed by atoms with Crippen molar-refractivity contribution in [3.05, 3.63) is 23.2 Å². The number of halogens is 1. The van der Waals surface area contributed by atoms with Crippen molar-refractivity contribution in [3.63, 3.8) is 0 Å². The van der Waals surface area contributed by atoms with Crippen LogP contribution in [-0.4, -0.2) is 5.91 Å². The maximum Gasteiger partial charge on any atom is 0.230 e. The molecule has 1 fully saturated rings. The number of nitrogen functional groups attached to an aromatic ring is 1. The maximum atomic E-state index is 12.3. The van der Waals surface area contributed by atoms with Gasteiger partial charge in [-0.1, -0.05) is 37.8 Å². The lowest BCUT2D eigenvalue weighted by Crippen LogP contribution is -2.35. The van der Waals surface area contributed by atoms with Gasteiger partial charge in [0.25, 0.3) is 0 Å². The van der Waals surface area contributed by atoms with Gasteiger partial charge in [0.15, 0.2) is 0 Å². The van der Waals surface area contributed by atoms with Gasteiger partial charge in [0, 0.05) is 10.4 Å². The molecule has 1 saturated carbocycles. The van der Waals surface area contributed by atoms with Crippen LogP contribution in [0.2, 0.25) is 5.02 Å². The molecule has 0 heterocycles. The molecule has 1 aliphatic rings. The highest BCUT2D eigenvalue weighted by Crippen LogP contribution is 2.37. The summed E-state index contributed by atoms with van der Waals surface area (Å²) in [5, 5.41) is 3.50. The number of rotatable bonds is 2. The number of nitrogens with one attached hydrogen (secondary N) is 1. The second-order valence-corrected chi connectivity index (χ2v) is 5.74. The molecule has 3 N–H and O–H groups in total. The van der Waals surface area contributed by atoms with E-state index in [-0.39, 0.29) is 11.3 Å². The smallest absolute Gasteiger partial charge is 0.230 e. The molecule has 0 bridgehead atoms. The number of nitrogens with two attached hydrogens (primary N) is 1. The Balaban J connectivity index is 2.11. The van der Waals surface area contributed by atoms with Crippen LogP contribution in [0.25, 0.3) is 0 Å². The largest absolute Gasteiger partial charge is 0.397 e. The fourth-order valence-electron chi connectivity index (χ4n) is 2.48. The first-order valence-corrected chi connectivity index (χ1v) is 6.75. The number of carbonyl (C=O) groups is 1. The van der Waals surface area contributed by atoms with Crippen molar-refractivity contribution in [1.29, 1.82) is 0 Å². The van der Waals surface area contributed by atoms with Gasteiger partial charge in [-0.3, -0.25) is 4.79 Å². The van der Waals surface area contributed by atoms with Crippen LogP contribution in [0.4, 0.5) is 11.4 Å². The molecule has 18 heavy (non-hydrogen) atoms. The summed E-state index contributed by atoms with van der Waals surface area (Å²) in [7, 11) is 0. The summed E-state index contributed by atoms with van der Waals surface area (Å²) in [5.41, 5.74) is 6.74. The minimum absolute atomic E-state index is 0.0659. The van der Waals surface area contributed by atoms with Crippen molar-refractivity contribution in [2.75, 3.05) is 11.1 Å². The van der Waals surface area contributed by atoms with E-state index >= 15 is 0 Å². The van der Waals surface area contributed by atoms with Gasteiger partial charge in [-0.2, -0.15) is 0 Å². The zero-order valence-corrected chi connectivity index (χ0v) is 11.4. The lowest BCUT2D eigenvalue weighted by molar-refractivity contribution is -0.126. The number of anilines is 2. The van der Waals surface area contributed by atoms with E-state index in [9.17, 15) is 4.79 Å². The third-order valence-corrected chi connectivity index (χ3v) is 4.00. The van der Waals surface area contributed by atoms with Crippen molar-refractivity contribution in [1.82, 2.24) is 0 Å². The van der Waals surface area contributed by atoms with E-state index in [1.54, 1.807) is 18.2 Å². The summed E-state index contributed by atoms with van der Waals surface area (Å²) in [6.45, 7) is 2.04. The summed E-state index contributed by atoms with van der Waals surface area (Å²) in [5.74, 6) is 0.0659. The van der Waals surface area contributed by atoms with Crippen LogP contribution in [0.5, 0.6) is 0 Å². The van der Waals surface area contributed by atoms with Crippen molar-refractivity contribution < 1.29 is 4.79 Å². The zero-order chi connectivity index (χ0) is 13.2. The SMILES string of the molecule is CC1(C(=O)Nc2ccc(Cl)cc2N)CCCCC1. The van der Waals surface area contributed by atoms with Crippen molar-refractivity contribution in [2.45, 2.75) is 39.0 Å². The van der Waals surface area contributed by atoms with E-state index in [0.717, 1.165) is 25.7 Å². The Morgan fingerprint density at radius 1 is 1.33 bits per heavy atom. The fraction of sp³-hybridized carbons (Fsp3) is 0.500. The molecular weight excluding hydrogens is 248 g/mol. The topological polar surface area (TPSA) is 55.1 Å². The molecule has 4 heteroatoms. The van der Waals surface area contributed by atoms with Crippen LogP contribution < -0.4 is 11.1 Å². The van der Waals surface area contributed by atoms with Gasteiger partial charge in [-0.25, -0.2) is 0 Å². The molecule has 0 unspecified atom stereocenters. The summed E-state index contributed by atoms with van der Waals surface area (Å²) in [6, 6.07) is 5.14. The quantitative estimate of drug-likeness (QED) is 0.800. The molecule has 3 nitrogen and oxygen atoms in total. The van der Waals surface area contributed by atoms with Crippen LogP contribution in [-0.2, 0) is 4.79 Å². The number of hydrogen-bond donors (Lipinski definition) is 2. The second kappa shape index (κ2) is 5.19. The molecule has 0 radical (unpaired) electrons. The Morgan fingerprint density at radius 2 is 2.00 bits per heavy atom. The van der Waals surface area contributed by atoms with E-state index in [2.05, 4.69) is 5.32 Å². The molecule has 0 spiro atoms. The standard InChI is InChI=1S/C14H19ClN2O/c1-14(7-3-2-4-8-14)13(18)17-12-6-5-10(15)9-11(12)16/h5-6,9H,2-4,7-8,16H2,1H3,(H,17,18). The molecule has 0 atom stereocenters. The van der Waals surface area contributed by atoms with Crippen LogP contribution in [0.15, 0.2) is 18.2 Å². The Bertz CT molecular complexity index is 453. The fourth-order valence-corrected chi connectivity index (χ4v) is 2.66. The summed E-state index contributed by atoms with van der Waals surface area (Å²) >= 11 is 5.84. The predicted octanol–water partition coefficient (Wildman–Crippen LogP) is 3.83. The van der Waals surface area contributed by atoms with E-state index in [0.29, 0.717) is 16.4 Å². The lowest BCUT2D eigenvalue weighted by atomic mass is 9.75. The van der Waals surface area contributed by atoms with Crippen LogP contribution >= 0.6 is 11.6 Å². The molecule has 0 aromatic heterocycles. The minimum atomic E-state index is -0.260. The molecule has 0 saturated heterocycles. The molecule has 1 aromatic rings. The van der Waals surface area contributed by atoms with Crippen molar-refractivity contribution in [3.8, 4) is 0 Å². The van der Waals surface area contributed by atoms with Gasteiger partial charge in [-0.15, -0.1) is 0 Å². The van der Waals surface area contributed by atoms with Gasteiger partial charge in [0.05, 0.1) is 11.4 Å². The Morgan fingerprint density at radius 3 is 2.61 bits per heavy atom. The normalized spacial score (nSPS) is 18.3. The average Bonchev–Trinajstić information content (AvgIpc) is 2.33. The third kappa shape index (κ3) is 2.78. The van der Waals surface area contributed by atoms with Crippen molar-refractivity contribution in [2.24, 2.45) is 5.41 Å². The number of amides is 1. The minimum Gasteiger partial charge on any atom is -0.397 e. The summed E-state index contributed by atoms with van der Waals surface area (Å²) in [4.78, 5) is 12.3. The molecule has 1 aliphatic carbocycles. The van der Waals surface area contributed by atoms with Crippen molar-refractivity contribution >= 4 is 28.9 Å². The van der Waals surface area contributed by atoms with Crippen LogP contribution in [0.3, 0.4) is 0 Å². The molecule has 0 aliphatic heterocycles. The molecular formula is C14H19ClN2O. The first-order chi connectivity index (χ1) is 8.51. The predicted molar refractivity (Wildman–Crippen MR) is 75.7 cm³/mol. The van der Waals surface area contributed by atoms with Gasteiger partial charge in [-0.05, 0) is 31.0 Å². The highest BCUT2D eigenvalue weighted by Gasteiger charge is 2.34. The maximum absolute atomic E-state index is 12.3. The van der Waals surface area contributed by atoms with Gasteiger partial charge in [0.2, 0.25) is 5.91 Å². The monoisotopic (exact) mass is 266 g/mol. The van der Waals surface area contributed by atoms with E-state index < -0.39 is 0 Å². The Hall–Kier alpha value is -1.22. The number of hydrogen-bond acceptors (Lipinski definition) is 2. The van der Waals surface area contributed by atoms with E-state index in [4.69, 9.17) is 17.3 Å². The molecule has 1 aromatic carbocycles. The van der Waals surface area contributed by atoms with Crippen LogP contribution in [0.1, 0.15) is 39.0 Å². The number of benzene rings is 1. The van der Waals surface area contributed by atoms with Crippen LogP contribution in [0, 0.1) is 5.41 Å². The first kappa shape index (κ1) is 13.2. The molecule has 2 rings (SSSR count). The third-order valence-electron chi connectivity index (χ3n) is 3.77. The van der Waals surface area contributed by atoms with Gasteiger partial charge in [0.1, 0.15) is 0 Å². The zero-order valence-electron chi connectivity index (χ0n) is 10.6. The second-order valence-electron chi connectivity index (χ2n) is 5.31. The summed E-state index contributed by atoms with van der Waals surface area (Å²) in [6.07, 6.45) is 5.38. The molecule has 98 valence electrons. The number of carbonyl (C=O) groups excluding carboxylic acids is 1.